The van der Waals surface area contributed by atoms with E-state index in [1.165, 1.54) is 12.1 Å². The Balaban J connectivity index is 0.000000817. The molecule has 0 saturated carbocycles. The molecule has 0 saturated heterocycles. The van der Waals surface area contributed by atoms with E-state index in [9.17, 15) is 13.2 Å². The van der Waals surface area contributed by atoms with E-state index in [1.807, 2.05) is 36.4 Å². The molecule has 0 aliphatic carbocycles. The summed E-state index contributed by atoms with van der Waals surface area (Å²) in [5, 5.41) is 10.1. The molecule has 9 heteroatoms. The van der Waals surface area contributed by atoms with Gasteiger partial charge in [0, 0.05) is 0 Å². The summed E-state index contributed by atoms with van der Waals surface area (Å²) in [6, 6.07) is 13.4. The van der Waals surface area contributed by atoms with Crippen LogP contribution in [0.25, 0.3) is 23.3 Å². The van der Waals surface area contributed by atoms with Crippen LogP contribution in [0, 0.1) is 0 Å². The average Bonchev–Trinajstić information content (AvgIpc) is 3.14. The minimum atomic E-state index is -4.68. The van der Waals surface area contributed by atoms with Gasteiger partial charge in [0.25, 0.3) is 0 Å². The zero-order chi connectivity index (χ0) is 19.7. The summed E-state index contributed by atoms with van der Waals surface area (Å²) in [4.78, 5) is 16.2. The molecule has 6 nitrogen and oxygen atoms in total. The van der Waals surface area contributed by atoms with E-state index in [-0.39, 0.29) is 11.9 Å². The number of halogens is 3. The molecule has 2 aromatic carbocycles. The molecule has 1 N–H and O–H groups in total. The van der Waals surface area contributed by atoms with Crippen LogP contribution < -0.4 is 4.74 Å². The van der Waals surface area contributed by atoms with Crippen molar-refractivity contribution in [2.24, 2.45) is 0 Å². The number of ether oxygens (including phenoxy) is 1. The van der Waals surface area contributed by atoms with Gasteiger partial charge in [0.1, 0.15) is 11.4 Å². The fourth-order valence-electron chi connectivity index (χ4n) is 2.11. The van der Waals surface area contributed by atoms with E-state index < -0.39 is 6.36 Å². The molecule has 0 radical (unpaired) electrons. The molecule has 0 fully saturated rings. The van der Waals surface area contributed by atoms with E-state index in [4.69, 9.17) is 9.59 Å². The van der Waals surface area contributed by atoms with Crippen molar-refractivity contribution in [1.82, 2.24) is 15.4 Å². The lowest BCUT2D eigenvalue weighted by Crippen LogP contribution is -2.16. The number of alkyl halides is 3. The van der Waals surface area contributed by atoms with Gasteiger partial charge in [-0.05, 0) is 34.9 Å². The van der Waals surface area contributed by atoms with Crippen LogP contribution in [0.1, 0.15) is 11.3 Å². The highest BCUT2D eigenvalue weighted by molar-refractivity contribution is 5.71. The molecule has 1 aromatic heterocycles. The van der Waals surface area contributed by atoms with Crippen LogP contribution in [-0.2, 0) is 9.59 Å². The van der Waals surface area contributed by atoms with Gasteiger partial charge in [-0.2, -0.15) is 25.0 Å². The van der Waals surface area contributed by atoms with Gasteiger partial charge in [0.05, 0.1) is 6.20 Å². The van der Waals surface area contributed by atoms with Gasteiger partial charge < -0.3 is 4.74 Å². The highest BCUT2D eigenvalue weighted by Gasteiger charge is 2.30. The van der Waals surface area contributed by atoms with Crippen molar-refractivity contribution in [3.63, 3.8) is 0 Å². The Hall–Kier alpha value is -3.71. The fraction of sp³-hybridized carbons (Fsp3) is 0.0556. The first-order valence-corrected chi connectivity index (χ1v) is 7.40. The molecule has 3 aromatic rings. The monoisotopic (exact) mass is 375 g/mol. The van der Waals surface area contributed by atoms with Gasteiger partial charge in [-0.15, -0.1) is 13.2 Å². The molecule has 0 unspecified atom stereocenters. The summed E-state index contributed by atoms with van der Waals surface area (Å²) in [7, 11) is 0. The van der Waals surface area contributed by atoms with Gasteiger partial charge in [0.15, 0.2) is 0 Å². The number of hydrogen-bond acceptors (Lipinski definition) is 5. The van der Waals surface area contributed by atoms with Crippen LogP contribution in [0.4, 0.5) is 13.2 Å². The smallest absolute Gasteiger partial charge is 0.406 e. The summed E-state index contributed by atoms with van der Waals surface area (Å²) in [6.45, 7) is 0. The maximum atomic E-state index is 12.1. The normalized spacial score (nSPS) is 10.8. The Morgan fingerprint density at radius 1 is 0.926 bits per heavy atom. The van der Waals surface area contributed by atoms with E-state index in [0.29, 0.717) is 0 Å². The maximum absolute atomic E-state index is 12.1. The van der Waals surface area contributed by atoms with Crippen LogP contribution in [0.15, 0.2) is 54.7 Å². The zero-order valence-corrected chi connectivity index (χ0v) is 13.6. The summed E-state index contributed by atoms with van der Waals surface area (Å²) >= 11 is 0. The van der Waals surface area contributed by atoms with Crippen molar-refractivity contribution >= 4 is 18.3 Å². The molecule has 0 spiro atoms. The van der Waals surface area contributed by atoms with E-state index in [1.54, 1.807) is 18.3 Å². The predicted octanol–water partition coefficient (Wildman–Crippen LogP) is 3.96. The predicted molar refractivity (Wildman–Crippen MR) is 88.9 cm³/mol. The first-order valence-electron chi connectivity index (χ1n) is 7.40. The maximum Gasteiger partial charge on any atom is 0.573 e. The molecule has 0 atom stereocenters. The quantitative estimate of drug-likeness (QED) is 0.746. The Kier molecular flexibility index (Phi) is 6.62. The lowest BCUT2D eigenvalue weighted by atomic mass is 10.0. The first-order chi connectivity index (χ1) is 12.9. The molecule has 1 heterocycles. The molecule has 27 heavy (non-hydrogen) atoms. The minimum Gasteiger partial charge on any atom is -0.406 e. The SMILES string of the molecule is FC(F)(F)Oc1ccc(-c2ccc(C=Cc3cn[nH]n3)cc2)cc1.O=C=O. The highest BCUT2D eigenvalue weighted by atomic mass is 19.4. The average molecular weight is 375 g/mol. The standard InChI is InChI=1S/C17H12F3N3O.CO2/c18-17(19,20)24-16-9-6-14(7-10-16)13-4-1-12(2-5-13)3-8-15-11-21-23-22-15;2-1-3/h1-11H,(H,21,22,23);. The molecule has 0 amide bonds. The number of nitrogens with zero attached hydrogens (tertiary/aromatic N) is 2. The van der Waals surface area contributed by atoms with Crippen molar-refractivity contribution in [1.29, 1.82) is 0 Å². The van der Waals surface area contributed by atoms with Crippen molar-refractivity contribution in [2.75, 3.05) is 0 Å². The zero-order valence-electron chi connectivity index (χ0n) is 13.6. The van der Waals surface area contributed by atoms with Crippen molar-refractivity contribution in [3.8, 4) is 16.9 Å². The van der Waals surface area contributed by atoms with Gasteiger partial charge >= 0.3 is 12.5 Å². The van der Waals surface area contributed by atoms with Crippen LogP contribution >= 0.6 is 0 Å². The van der Waals surface area contributed by atoms with Crippen LogP contribution in [0.5, 0.6) is 5.75 Å². The summed E-state index contributed by atoms with van der Waals surface area (Å²) in [5.41, 5.74) is 3.39. The number of nitrogens with one attached hydrogen (secondary N) is 1. The largest absolute Gasteiger partial charge is 0.573 e. The minimum absolute atomic E-state index is 0.238. The Labute approximate surface area is 151 Å². The van der Waals surface area contributed by atoms with Crippen molar-refractivity contribution in [2.45, 2.75) is 6.36 Å². The van der Waals surface area contributed by atoms with Gasteiger partial charge in [-0.3, -0.25) is 0 Å². The number of benzene rings is 2. The second-order valence-electron chi connectivity index (χ2n) is 5.01. The Morgan fingerprint density at radius 2 is 1.48 bits per heavy atom. The lowest BCUT2D eigenvalue weighted by molar-refractivity contribution is -0.274. The number of carbonyl (C=O) groups excluding carboxylic acids is 2. The number of hydrogen-bond donors (Lipinski definition) is 1. The van der Waals surface area contributed by atoms with E-state index in [0.717, 1.165) is 22.4 Å². The molecule has 0 aliphatic heterocycles. The van der Waals surface area contributed by atoms with Crippen molar-refractivity contribution in [3.05, 3.63) is 66.0 Å². The molecule has 138 valence electrons. The molecule has 3 rings (SSSR count). The summed E-state index contributed by atoms with van der Waals surface area (Å²) in [5.74, 6) is -0.238. The third-order valence-electron chi connectivity index (χ3n) is 3.21. The van der Waals surface area contributed by atoms with E-state index in [2.05, 4.69) is 20.1 Å². The molecule has 0 aliphatic rings. The van der Waals surface area contributed by atoms with Gasteiger partial charge in [0.2, 0.25) is 0 Å². The third kappa shape index (κ3) is 6.60. The van der Waals surface area contributed by atoms with Gasteiger partial charge in [-0.25, -0.2) is 0 Å². The Bertz CT molecular complexity index is 898. The van der Waals surface area contributed by atoms with Crippen LogP contribution in [0.2, 0.25) is 0 Å². The third-order valence-corrected chi connectivity index (χ3v) is 3.21. The first kappa shape index (κ1) is 19.6. The number of rotatable bonds is 4. The second-order valence-corrected chi connectivity index (χ2v) is 5.01. The molecular weight excluding hydrogens is 363 g/mol. The summed E-state index contributed by atoms with van der Waals surface area (Å²) in [6.07, 6.45) is 0.887. The summed E-state index contributed by atoms with van der Waals surface area (Å²) < 4.78 is 40.3. The van der Waals surface area contributed by atoms with Gasteiger partial charge in [-0.1, -0.05) is 42.5 Å². The van der Waals surface area contributed by atoms with Crippen LogP contribution in [0.3, 0.4) is 0 Å². The Morgan fingerprint density at radius 3 is 1.96 bits per heavy atom. The number of aromatic nitrogens is 3. The van der Waals surface area contributed by atoms with Crippen molar-refractivity contribution < 1.29 is 27.5 Å². The molecular formula is C18H12F3N3O3. The molecule has 0 bridgehead atoms. The topological polar surface area (TPSA) is 84.9 Å². The second kappa shape index (κ2) is 9.12. The van der Waals surface area contributed by atoms with E-state index >= 15 is 0 Å². The number of H-pyrrole nitrogens is 1. The highest BCUT2D eigenvalue weighted by Crippen LogP contribution is 2.26. The number of aromatic amines is 1. The van der Waals surface area contributed by atoms with Crippen LogP contribution in [-0.4, -0.2) is 27.9 Å². The fourth-order valence-corrected chi connectivity index (χ4v) is 2.11. The lowest BCUT2D eigenvalue weighted by Gasteiger charge is -2.09.